The summed E-state index contributed by atoms with van der Waals surface area (Å²) in [5, 5.41) is 0. The number of carbonyl (C=O) groups is 1. The first-order valence-electron chi connectivity index (χ1n) is 13.5. The molecule has 0 fully saturated rings. The smallest absolute Gasteiger partial charge is 0.320 e. The van der Waals surface area contributed by atoms with Crippen LogP contribution in [0, 0.1) is 5.92 Å². The number of unbranched alkanes of at least 4 members (excludes halogenated alkanes) is 10. The molecule has 0 amide bonds. The molecule has 31 heavy (non-hydrogen) atoms. The van der Waals surface area contributed by atoms with Gasteiger partial charge in [0.05, 0.1) is 13.2 Å². The zero-order valence-electron chi connectivity index (χ0n) is 21.9. The molecule has 0 saturated carbocycles. The first-order valence-corrected chi connectivity index (χ1v) is 13.5. The van der Waals surface area contributed by atoms with Gasteiger partial charge in [-0.2, -0.15) is 0 Å². The van der Waals surface area contributed by atoms with Crippen molar-refractivity contribution in [2.24, 2.45) is 5.92 Å². The van der Waals surface area contributed by atoms with Crippen molar-refractivity contribution in [3.63, 3.8) is 0 Å². The summed E-state index contributed by atoms with van der Waals surface area (Å²) in [6.45, 7) is 14.2. The van der Waals surface area contributed by atoms with Gasteiger partial charge in [0.2, 0.25) is 0 Å². The lowest BCUT2D eigenvalue weighted by Crippen LogP contribution is -2.33. The standard InChI is InChI=1S/C28H55NO2/c1-6-8-10-12-14-16-22-29(23-17-15-13-11-9-7-2)25-28(30)31-24-21-27(5)20-18-19-26(3)4/h19,27H,6-18,20-25H2,1-5H3. The first kappa shape index (κ1) is 30.2. The van der Waals surface area contributed by atoms with E-state index in [1.54, 1.807) is 0 Å². The van der Waals surface area contributed by atoms with Crippen molar-refractivity contribution in [2.45, 2.75) is 131 Å². The molecule has 0 aromatic carbocycles. The van der Waals surface area contributed by atoms with E-state index in [-0.39, 0.29) is 5.97 Å². The molecule has 0 aliphatic rings. The molecular formula is C28H55NO2. The fourth-order valence-electron chi connectivity index (χ4n) is 3.90. The third kappa shape index (κ3) is 22.2. The van der Waals surface area contributed by atoms with Crippen molar-refractivity contribution in [3.05, 3.63) is 11.6 Å². The zero-order valence-corrected chi connectivity index (χ0v) is 21.9. The van der Waals surface area contributed by atoms with Gasteiger partial charge < -0.3 is 4.74 Å². The average molecular weight is 438 g/mol. The van der Waals surface area contributed by atoms with Gasteiger partial charge in [-0.3, -0.25) is 9.69 Å². The summed E-state index contributed by atoms with van der Waals surface area (Å²) in [5.41, 5.74) is 1.38. The predicted molar refractivity (Wildman–Crippen MR) is 137 cm³/mol. The normalized spacial score (nSPS) is 12.2. The summed E-state index contributed by atoms with van der Waals surface area (Å²) in [6.07, 6.45) is 21.2. The number of hydrogen-bond acceptors (Lipinski definition) is 3. The summed E-state index contributed by atoms with van der Waals surface area (Å²) in [6, 6.07) is 0. The van der Waals surface area contributed by atoms with Gasteiger partial charge in [-0.15, -0.1) is 0 Å². The number of esters is 1. The zero-order chi connectivity index (χ0) is 23.2. The average Bonchev–Trinajstić information content (AvgIpc) is 2.72. The molecule has 0 heterocycles. The van der Waals surface area contributed by atoms with Crippen molar-refractivity contribution in [1.82, 2.24) is 4.90 Å². The number of ether oxygens (including phenoxy) is 1. The van der Waals surface area contributed by atoms with Gasteiger partial charge in [0.15, 0.2) is 0 Å². The van der Waals surface area contributed by atoms with Crippen molar-refractivity contribution >= 4 is 5.97 Å². The van der Waals surface area contributed by atoms with E-state index >= 15 is 0 Å². The Morgan fingerprint density at radius 1 is 0.806 bits per heavy atom. The third-order valence-electron chi connectivity index (χ3n) is 6.09. The molecule has 3 heteroatoms. The second-order valence-corrected chi connectivity index (χ2v) is 9.78. The van der Waals surface area contributed by atoms with Crippen molar-refractivity contribution in [2.75, 3.05) is 26.2 Å². The van der Waals surface area contributed by atoms with E-state index in [1.165, 1.54) is 89.0 Å². The molecule has 0 aromatic rings. The highest BCUT2D eigenvalue weighted by Gasteiger charge is 2.12. The van der Waals surface area contributed by atoms with Crippen molar-refractivity contribution in [3.8, 4) is 0 Å². The number of rotatable bonds is 22. The van der Waals surface area contributed by atoms with Gasteiger partial charge in [0, 0.05) is 0 Å². The molecule has 0 aliphatic carbocycles. The van der Waals surface area contributed by atoms with Crippen LogP contribution in [0.3, 0.4) is 0 Å². The van der Waals surface area contributed by atoms with Crippen LogP contribution in [0.2, 0.25) is 0 Å². The van der Waals surface area contributed by atoms with Crippen LogP contribution in [0.1, 0.15) is 131 Å². The fourth-order valence-corrected chi connectivity index (χ4v) is 3.90. The largest absolute Gasteiger partial charge is 0.465 e. The van der Waals surface area contributed by atoms with Crippen molar-refractivity contribution < 1.29 is 9.53 Å². The molecular weight excluding hydrogens is 382 g/mol. The SMILES string of the molecule is CCCCCCCCN(CCCCCCCC)CC(=O)OCCC(C)CCC=C(C)C. The van der Waals surface area contributed by atoms with Gasteiger partial charge in [-0.05, 0) is 65.0 Å². The lowest BCUT2D eigenvalue weighted by atomic mass is 10.0. The maximum atomic E-state index is 12.4. The fraction of sp³-hybridized carbons (Fsp3) is 0.893. The number of nitrogens with zero attached hydrogens (tertiary/aromatic N) is 1. The van der Waals surface area contributed by atoms with Gasteiger partial charge >= 0.3 is 5.97 Å². The summed E-state index contributed by atoms with van der Waals surface area (Å²) >= 11 is 0. The molecule has 0 saturated heterocycles. The minimum Gasteiger partial charge on any atom is -0.465 e. The van der Waals surface area contributed by atoms with E-state index in [4.69, 9.17) is 4.74 Å². The lowest BCUT2D eigenvalue weighted by molar-refractivity contribution is -0.145. The highest BCUT2D eigenvalue weighted by molar-refractivity contribution is 5.71. The monoisotopic (exact) mass is 437 g/mol. The Hall–Kier alpha value is -0.830. The van der Waals surface area contributed by atoms with Gasteiger partial charge in [0.25, 0.3) is 0 Å². The number of allylic oxidation sites excluding steroid dienone is 2. The first-order chi connectivity index (χ1) is 15.0. The molecule has 184 valence electrons. The van der Waals surface area contributed by atoms with E-state index in [0.717, 1.165) is 25.9 Å². The maximum absolute atomic E-state index is 12.4. The molecule has 0 aromatic heterocycles. The van der Waals surface area contributed by atoms with Crippen LogP contribution in [0.15, 0.2) is 11.6 Å². The quantitative estimate of drug-likeness (QED) is 0.0968. The van der Waals surface area contributed by atoms with E-state index in [2.05, 4.69) is 45.6 Å². The Morgan fingerprint density at radius 3 is 1.84 bits per heavy atom. The van der Waals surface area contributed by atoms with Gasteiger partial charge in [0.1, 0.15) is 0 Å². The molecule has 0 N–H and O–H groups in total. The maximum Gasteiger partial charge on any atom is 0.320 e. The number of hydrogen-bond donors (Lipinski definition) is 0. The Kier molecular flexibility index (Phi) is 21.8. The summed E-state index contributed by atoms with van der Waals surface area (Å²) in [5.74, 6) is 0.569. The topological polar surface area (TPSA) is 29.5 Å². The van der Waals surface area contributed by atoms with Gasteiger partial charge in [-0.25, -0.2) is 0 Å². The van der Waals surface area contributed by atoms with Gasteiger partial charge in [-0.1, -0.05) is 96.6 Å². The number of carbonyl (C=O) groups excluding carboxylic acids is 1. The van der Waals surface area contributed by atoms with Crippen LogP contribution in [0.25, 0.3) is 0 Å². The van der Waals surface area contributed by atoms with E-state index in [1.807, 2.05) is 0 Å². The summed E-state index contributed by atoms with van der Waals surface area (Å²) in [7, 11) is 0. The van der Waals surface area contributed by atoms with Crippen LogP contribution in [-0.4, -0.2) is 37.1 Å². The highest BCUT2D eigenvalue weighted by Crippen LogP contribution is 2.12. The highest BCUT2D eigenvalue weighted by atomic mass is 16.5. The van der Waals surface area contributed by atoms with Crippen LogP contribution < -0.4 is 0 Å². The summed E-state index contributed by atoms with van der Waals surface area (Å²) in [4.78, 5) is 14.8. The van der Waals surface area contributed by atoms with Crippen molar-refractivity contribution in [1.29, 1.82) is 0 Å². The molecule has 0 aliphatic heterocycles. The second-order valence-electron chi connectivity index (χ2n) is 9.78. The van der Waals surface area contributed by atoms with Crippen LogP contribution in [0.4, 0.5) is 0 Å². The summed E-state index contributed by atoms with van der Waals surface area (Å²) < 4.78 is 5.59. The molecule has 0 spiro atoms. The van der Waals surface area contributed by atoms with Crippen LogP contribution in [-0.2, 0) is 9.53 Å². The molecule has 0 radical (unpaired) electrons. The Balaban J connectivity index is 4.15. The third-order valence-corrected chi connectivity index (χ3v) is 6.09. The lowest BCUT2D eigenvalue weighted by Gasteiger charge is -2.21. The van der Waals surface area contributed by atoms with Crippen LogP contribution >= 0.6 is 0 Å². The molecule has 3 nitrogen and oxygen atoms in total. The Labute approximate surface area is 195 Å². The van der Waals surface area contributed by atoms with Crippen LogP contribution in [0.5, 0.6) is 0 Å². The molecule has 0 rings (SSSR count). The second kappa shape index (κ2) is 22.4. The Bertz CT molecular complexity index is 413. The molecule has 1 unspecified atom stereocenters. The Morgan fingerprint density at radius 2 is 1.32 bits per heavy atom. The molecule has 0 bridgehead atoms. The van der Waals surface area contributed by atoms with E-state index in [0.29, 0.717) is 19.1 Å². The van der Waals surface area contributed by atoms with E-state index in [9.17, 15) is 4.79 Å². The minimum atomic E-state index is -0.0338. The van der Waals surface area contributed by atoms with E-state index < -0.39 is 0 Å². The molecule has 1 atom stereocenters. The minimum absolute atomic E-state index is 0.0338. The predicted octanol–water partition coefficient (Wildman–Crippen LogP) is 8.33.